The van der Waals surface area contributed by atoms with Gasteiger partial charge in [-0.05, 0) is 49.4 Å². The minimum absolute atomic E-state index is 0.0822. The van der Waals surface area contributed by atoms with Crippen LogP contribution in [-0.2, 0) is 4.79 Å². The zero-order chi connectivity index (χ0) is 24.1. The molecule has 4 N–H and O–H groups in total. The smallest absolute Gasteiger partial charge is 0.290 e. The van der Waals surface area contributed by atoms with Crippen LogP contribution in [0.15, 0.2) is 54.6 Å². The Bertz CT molecular complexity index is 1390. The summed E-state index contributed by atoms with van der Waals surface area (Å²) < 4.78 is 0. The molecule has 3 amide bonds. The summed E-state index contributed by atoms with van der Waals surface area (Å²) in [6.45, 7) is 2.67. The Hall–Kier alpha value is -4.14. The van der Waals surface area contributed by atoms with Crippen LogP contribution in [0, 0.1) is 11.8 Å². The zero-order valence-corrected chi connectivity index (χ0v) is 19.2. The fourth-order valence-corrected chi connectivity index (χ4v) is 5.15. The largest absolute Gasteiger partial charge is 0.352 e. The van der Waals surface area contributed by atoms with Crippen LogP contribution in [0.4, 0.5) is 0 Å². The van der Waals surface area contributed by atoms with Crippen LogP contribution in [0.5, 0.6) is 0 Å². The standard InChI is InChI=1S/C26H26N6O3/c1-14(28-25(34)21-11-15-6-2-3-7-18(15)29-21)24(33)27-12-22-17-10-16(17)13-32(22)26(35)23-30-19-8-4-5-9-20(19)31-23/h2-9,11,14,16-17,22,29H,10,12-13H2,1H3,(H,27,33)(H,28,34)(H,30,31)/t14-,16?,17?,22?/m0/s1. The second-order valence-corrected chi connectivity index (χ2v) is 9.50. The number of rotatable bonds is 6. The first-order valence-electron chi connectivity index (χ1n) is 11.9. The molecule has 1 aliphatic heterocycles. The molecule has 4 aromatic rings. The minimum Gasteiger partial charge on any atom is -0.352 e. The van der Waals surface area contributed by atoms with Gasteiger partial charge in [-0.25, -0.2) is 4.98 Å². The van der Waals surface area contributed by atoms with Gasteiger partial charge < -0.3 is 25.5 Å². The normalized spacial score (nSPS) is 21.6. The Morgan fingerprint density at radius 2 is 1.86 bits per heavy atom. The molecule has 0 radical (unpaired) electrons. The first-order chi connectivity index (χ1) is 17.0. The van der Waals surface area contributed by atoms with Crippen molar-refractivity contribution in [3.63, 3.8) is 0 Å². The summed E-state index contributed by atoms with van der Waals surface area (Å²) in [4.78, 5) is 51.1. The predicted molar refractivity (Wildman–Crippen MR) is 131 cm³/mol. The molecule has 9 nitrogen and oxygen atoms in total. The lowest BCUT2D eigenvalue weighted by Crippen LogP contribution is -2.50. The maximum absolute atomic E-state index is 13.2. The Labute approximate surface area is 201 Å². The summed E-state index contributed by atoms with van der Waals surface area (Å²) >= 11 is 0. The molecule has 2 aromatic carbocycles. The molecule has 2 fully saturated rings. The number of hydrogen-bond donors (Lipinski definition) is 4. The summed E-state index contributed by atoms with van der Waals surface area (Å²) in [6, 6.07) is 16.1. The predicted octanol–water partition coefficient (Wildman–Crippen LogP) is 2.44. The number of aromatic nitrogens is 3. The van der Waals surface area contributed by atoms with Gasteiger partial charge in [0.15, 0.2) is 5.82 Å². The molecule has 1 saturated carbocycles. The number of nitrogens with zero attached hydrogens (tertiary/aromatic N) is 2. The number of piperidine rings is 1. The number of imidazole rings is 1. The lowest BCUT2D eigenvalue weighted by molar-refractivity contribution is -0.122. The molecular weight excluding hydrogens is 444 g/mol. The number of carbonyl (C=O) groups excluding carboxylic acids is 3. The molecule has 6 rings (SSSR count). The summed E-state index contributed by atoms with van der Waals surface area (Å²) in [5, 5.41) is 6.62. The van der Waals surface area contributed by atoms with Crippen LogP contribution in [0.1, 0.15) is 34.5 Å². The molecule has 4 atom stereocenters. The molecule has 35 heavy (non-hydrogen) atoms. The van der Waals surface area contributed by atoms with Gasteiger partial charge in [0.25, 0.3) is 11.8 Å². The average Bonchev–Trinajstić information content (AvgIpc) is 3.22. The molecule has 178 valence electrons. The van der Waals surface area contributed by atoms with Crippen molar-refractivity contribution >= 4 is 39.7 Å². The number of benzene rings is 2. The summed E-state index contributed by atoms with van der Waals surface area (Å²) in [7, 11) is 0. The van der Waals surface area contributed by atoms with Crippen molar-refractivity contribution in [2.45, 2.75) is 25.4 Å². The van der Waals surface area contributed by atoms with E-state index in [2.05, 4.69) is 25.6 Å². The van der Waals surface area contributed by atoms with E-state index in [-0.39, 0.29) is 23.8 Å². The quantitative estimate of drug-likeness (QED) is 0.346. The number of carbonyl (C=O) groups is 3. The van der Waals surface area contributed by atoms with Gasteiger partial charge in [0, 0.05) is 24.0 Å². The fourth-order valence-electron chi connectivity index (χ4n) is 5.15. The molecule has 2 aliphatic rings. The lowest BCUT2D eigenvalue weighted by atomic mass is 10.1. The Kier molecular flexibility index (Phi) is 5.05. The van der Waals surface area contributed by atoms with Crippen LogP contribution in [0.25, 0.3) is 21.9 Å². The average molecular weight is 471 g/mol. The third kappa shape index (κ3) is 3.92. The van der Waals surface area contributed by atoms with Crippen LogP contribution in [-0.4, -0.2) is 62.7 Å². The van der Waals surface area contributed by atoms with E-state index in [0.717, 1.165) is 28.4 Å². The molecule has 9 heteroatoms. The van der Waals surface area contributed by atoms with E-state index in [9.17, 15) is 14.4 Å². The first kappa shape index (κ1) is 21.4. The molecule has 0 spiro atoms. The summed E-state index contributed by atoms with van der Waals surface area (Å²) in [5.74, 6) is 0.420. The van der Waals surface area contributed by atoms with Crippen molar-refractivity contribution < 1.29 is 14.4 Å². The van der Waals surface area contributed by atoms with Gasteiger partial charge in [0.05, 0.1) is 17.1 Å². The van der Waals surface area contributed by atoms with Crippen LogP contribution in [0.3, 0.4) is 0 Å². The van der Waals surface area contributed by atoms with E-state index in [1.807, 2.05) is 53.4 Å². The van der Waals surface area contributed by atoms with E-state index < -0.39 is 6.04 Å². The Morgan fingerprint density at radius 1 is 1.09 bits per heavy atom. The van der Waals surface area contributed by atoms with Crippen LogP contribution in [0.2, 0.25) is 0 Å². The second-order valence-electron chi connectivity index (χ2n) is 9.50. The number of likely N-dealkylation sites (tertiary alicyclic amines) is 1. The highest BCUT2D eigenvalue weighted by Crippen LogP contribution is 2.49. The lowest BCUT2D eigenvalue weighted by Gasteiger charge is -2.27. The second kappa shape index (κ2) is 8.26. The number of H-pyrrole nitrogens is 2. The Morgan fingerprint density at radius 3 is 2.66 bits per heavy atom. The monoisotopic (exact) mass is 470 g/mol. The fraction of sp³-hybridized carbons (Fsp3) is 0.308. The third-order valence-corrected chi connectivity index (χ3v) is 7.16. The van der Waals surface area contributed by atoms with Crippen molar-refractivity contribution in [3.05, 3.63) is 66.1 Å². The van der Waals surface area contributed by atoms with Crippen molar-refractivity contribution in [1.82, 2.24) is 30.5 Å². The van der Waals surface area contributed by atoms with Gasteiger partial charge in [-0.2, -0.15) is 0 Å². The summed E-state index contributed by atoms with van der Waals surface area (Å²) in [6.07, 6.45) is 1.07. The van der Waals surface area contributed by atoms with Gasteiger partial charge in [-0.15, -0.1) is 0 Å². The van der Waals surface area contributed by atoms with Gasteiger partial charge in [0.2, 0.25) is 5.91 Å². The number of hydrogen-bond acceptors (Lipinski definition) is 4. The molecule has 3 heterocycles. The topological polar surface area (TPSA) is 123 Å². The molecular formula is C26H26N6O3. The van der Waals surface area contributed by atoms with Crippen LogP contribution < -0.4 is 10.6 Å². The number of fused-ring (bicyclic) bond motifs is 3. The maximum Gasteiger partial charge on any atom is 0.290 e. The highest BCUT2D eigenvalue weighted by Gasteiger charge is 2.54. The minimum atomic E-state index is -0.718. The third-order valence-electron chi connectivity index (χ3n) is 7.16. The van der Waals surface area contributed by atoms with E-state index >= 15 is 0 Å². The van der Waals surface area contributed by atoms with Crippen molar-refractivity contribution in [2.24, 2.45) is 11.8 Å². The van der Waals surface area contributed by atoms with Gasteiger partial charge >= 0.3 is 0 Å². The van der Waals surface area contributed by atoms with E-state index in [1.165, 1.54) is 0 Å². The molecule has 3 unspecified atom stereocenters. The molecule has 0 bridgehead atoms. The zero-order valence-electron chi connectivity index (χ0n) is 19.2. The van der Waals surface area contributed by atoms with Gasteiger partial charge in [-0.1, -0.05) is 30.3 Å². The van der Waals surface area contributed by atoms with Gasteiger partial charge in [0.1, 0.15) is 11.7 Å². The van der Waals surface area contributed by atoms with Crippen molar-refractivity contribution in [3.8, 4) is 0 Å². The Balaban J connectivity index is 1.08. The SMILES string of the molecule is C[C@H](NC(=O)c1cc2ccccc2[nH]1)C(=O)NCC1C2CC2CN1C(=O)c1nc2ccccc2[nH]1. The number of para-hydroxylation sites is 3. The maximum atomic E-state index is 13.2. The first-order valence-corrected chi connectivity index (χ1v) is 11.9. The number of amides is 3. The van der Waals surface area contributed by atoms with Crippen molar-refractivity contribution in [1.29, 1.82) is 0 Å². The van der Waals surface area contributed by atoms with Crippen molar-refractivity contribution in [2.75, 3.05) is 13.1 Å². The molecule has 2 aromatic heterocycles. The highest BCUT2D eigenvalue weighted by molar-refractivity contribution is 6.00. The molecule has 1 aliphatic carbocycles. The number of aromatic amines is 2. The van der Waals surface area contributed by atoms with Crippen LogP contribution >= 0.6 is 0 Å². The van der Waals surface area contributed by atoms with Gasteiger partial charge in [-0.3, -0.25) is 14.4 Å². The molecule has 1 saturated heterocycles. The highest BCUT2D eigenvalue weighted by atomic mass is 16.2. The number of nitrogens with one attached hydrogen (secondary N) is 4. The van der Waals surface area contributed by atoms with E-state index in [1.54, 1.807) is 13.0 Å². The van der Waals surface area contributed by atoms with E-state index in [4.69, 9.17) is 0 Å². The summed E-state index contributed by atoms with van der Waals surface area (Å²) in [5.41, 5.74) is 2.85. The van der Waals surface area contributed by atoms with E-state index in [0.29, 0.717) is 36.4 Å².